The Kier molecular flexibility index (Phi) is 6.09. The normalized spacial score (nSPS) is 25.1. The Bertz CT molecular complexity index is 1420. The molecule has 2 atom stereocenters. The second-order valence-corrected chi connectivity index (χ2v) is 11.2. The number of benzene rings is 2. The first-order chi connectivity index (χ1) is 18.4. The van der Waals surface area contributed by atoms with Gasteiger partial charge in [0, 0.05) is 17.8 Å². The van der Waals surface area contributed by atoms with Crippen molar-refractivity contribution in [2.24, 2.45) is 11.8 Å². The summed E-state index contributed by atoms with van der Waals surface area (Å²) in [4.78, 5) is 4.24. The summed E-state index contributed by atoms with van der Waals surface area (Å²) in [6.45, 7) is 1.17. The van der Waals surface area contributed by atoms with Crippen molar-refractivity contribution in [1.29, 1.82) is 0 Å². The van der Waals surface area contributed by atoms with Gasteiger partial charge in [-0.15, -0.1) is 0 Å². The molecule has 0 saturated heterocycles. The van der Waals surface area contributed by atoms with Gasteiger partial charge in [-0.2, -0.15) is 13.2 Å². The number of hydrogen-bond donors (Lipinski definition) is 1. The Morgan fingerprint density at radius 2 is 1.72 bits per heavy atom. The maximum Gasteiger partial charge on any atom is 0.417 e. The first-order valence-electron chi connectivity index (χ1n) is 12.7. The maximum absolute atomic E-state index is 14.8. The van der Waals surface area contributed by atoms with Gasteiger partial charge in [-0.1, -0.05) is 0 Å². The highest BCUT2D eigenvalue weighted by Crippen LogP contribution is 2.56. The molecule has 6 rings (SSSR count). The van der Waals surface area contributed by atoms with Crippen LogP contribution in [0.5, 0.6) is 11.6 Å². The minimum Gasteiger partial charge on any atom is -0.487 e. The number of hydrogen-bond acceptors (Lipinski definition) is 4. The molecule has 39 heavy (non-hydrogen) atoms. The minimum absolute atomic E-state index is 0.0484. The van der Waals surface area contributed by atoms with E-state index in [0.29, 0.717) is 30.7 Å². The predicted molar refractivity (Wildman–Crippen MR) is 129 cm³/mol. The second kappa shape index (κ2) is 9.15. The van der Waals surface area contributed by atoms with Crippen LogP contribution in [-0.2, 0) is 19.2 Å². The molecular weight excluding hydrogens is 524 g/mol. The Balaban J connectivity index is 1.25. The molecule has 206 valence electrons. The van der Waals surface area contributed by atoms with E-state index in [-0.39, 0.29) is 24.0 Å². The van der Waals surface area contributed by atoms with Gasteiger partial charge in [0.25, 0.3) is 0 Å². The van der Waals surface area contributed by atoms with Crippen LogP contribution in [0.3, 0.4) is 0 Å². The monoisotopic (exact) mass is 549 g/mol. The average molecular weight is 550 g/mol. The zero-order valence-electron chi connectivity index (χ0n) is 20.9. The highest BCUT2D eigenvalue weighted by Gasteiger charge is 2.45. The summed E-state index contributed by atoms with van der Waals surface area (Å²) < 4.78 is 96.7. The zero-order chi connectivity index (χ0) is 27.7. The molecule has 2 fully saturated rings. The van der Waals surface area contributed by atoms with Gasteiger partial charge in [-0.05, 0) is 96.9 Å². The van der Waals surface area contributed by atoms with Gasteiger partial charge in [0.1, 0.15) is 12.4 Å². The van der Waals surface area contributed by atoms with E-state index in [1.165, 1.54) is 5.56 Å². The highest BCUT2D eigenvalue weighted by atomic mass is 19.4. The van der Waals surface area contributed by atoms with Crippen molar-refractivity contribution in [2.45, 2.75) is 56.9 Å². The number of alkyl halides is 3. The van der Waals surface area contributed by atoms with Crippen LogP contribution in [0.15, 0.2) is 36.5 Å². The third-order valence-electron chi connectivity index (χ3n) is 7.90. The molecule has 3 aromatic rings. The maximum atomic E-state index is 14.8. The number of pyridine rings is 1. The first kappa shape index (κ1) is 26.0. The molecule has 0 amide bonds. The van der Waals surface area contributed by atoms with Crippen LogP contribution >= 0.6 is 0 Å². The predicted octanol–water partition coefficient (Wildman–Crippen LogP) is 6.96. The molecule has 0 bridgehead atoms. The lowest BCUT2D eigenvalue weighted by Gasteiger charge is -2.40. The number of rotatable bonds is 7. The summed E-state index contributed by atoms with van der Waals surface area (Å²) in [7, 11) is 0. The minimum atomic E-state index is -4.98. The largest absolute Gasteiger partial charge is 0.487 e. The number of nitrogens with zero attached hydrogens (tertiary/aromatic N) is 1. The van der Waals surface area contributed by atoms with E-state index in [2.05, 4.69) is 4.98 Å². The van der Waals surface area contributed by atoms with Crippen molar-refractivity contribution in [2.75, 3.05) is 6.61 Å². The molecule has 0 aliphatic heterocycles. The molecular formula is C29H25F6NO3. The third kappa shape index (κ3) is 5.06. The lowest BCUT2D eigenvalue weighted by Crippen LogP contribution is -2.43. The van der Waals surface area contributed by atoms with Crippen LogP contribution in [0, 0.1) is 29.3 Å². The van der Waals surface area contributed by atoms with Gasteiger partial charge in [-0.3, -0.25) is 0 Å². The van der Waals surface area contributed by atoms with E-state index >= 15 is 0 Å². The molecule has 4 nitrogen and oxygen atoms in total. The molecule has 2 saturated carbocycles. The molecule has 0 spiro atoms. The number of halogens is 6. The first-order valence-corrected chi connectivity index (χ1v) is 12.7. The van der Waals surface area contributed by atoms with E-state index < -0.39 is 58.3 Å². The fraction of sp³-hybridized carbons (Fsp3) is 0.414. The third-order valence-corrected chi connectivity index (χ3v) is 7.90. The topological polar surface area (TPSA) is 51.6 Å². The van der Waals surface area contributed by atoms with Crippen molar-refractivity contribution in [3.63, 3.8) is 0 Å². The second-order valence-electron chi connectivity index (χ2n) is 11.2. The van der Waals surface area contributed by atoms with Crippen LogP contribution < -0.4 is 9.47 Å². The van der Waals surface area contributed by atoms with Crippen molar-refractivity contribution >= 4 is 0 Å². The highest BCUT2D eigenvalue weighted by molar-refractivity contribution is 5.70. The van der Waals surface area contributed by atoms with Gasteiger partial charge in [-0.25, -0.2) is 18.2 Å². The lowest BCUT2D eigenvalue weighted by atomic mass is 9.73. The zero-order valence-corrected chi connectivity index (χ0v) is 20.9. The molecule has 1 heterocycles. The van der Waals surface area contributed by atoms with Gasteiger partial charge in [0.15, 0.2) is 17.4 Å². The summed E-state index contributed by atoms with van der Waals surface area (Å²) in [5.74, 6) is -2.97. The molecule has 2 aromatic carbocycles. The van der Waals surface area contributed by atoms with Gasteiger partial charge >= 0.3 is 6.18 Å². The summed E-state index contributed by atoms with van der Waals surface area (Å²) in [5, 5.41) is 9.80. The molecule has 1 N–H and O–H groups in total. The Morgan fingerprint density at radius 1 is 1.00 bits per heavy atom. The molecule has 3 aliphatic rings. The average Bonchev–Trinajstić information content (AvgIpc) is 3.51. The fourth-order valence-electron chi connectivity index (χ4n) is 5.92. The van der Waals surface area contributed by atoms with Crippen LogP contribution in [0.4, 0.5) is 26.3 Å². The Morgan fingerprint density at radius 3 is 2.38 bits per heavy atom. The Hall–Kier alpha value is -3.27. The van der Waals surface area contributed by atoms with Crippen LogP contribution in [0.1, 0.15) is 54.4 Å². The Labute approximate surface area is 220 Å². The van der Waals surface area contributed by atoms with Crippen molar-refractivity contribution < 1.29 is 40.9 Å². The number of ether oxygens (including phenoxy) is 2. The number of fused-ring (bicyclic) bond motifs is 3. The SMILES string of the molecule is C[C@]1(O)C[C@@H](COc2c(F)cc(-c3cc(COc4cc5c(cn4)[C@@H]4C[C@@H]4C5)c(F)cc3C(F)(F)F)cc2F)C1. The quantitative estimate of drug-likeness (QED) is 0.324. The lowest BCUT2D eigenvalue weighted by molar-refractivity contribution is -0.137. The summed E-state index contributed by atoms with van der Waals surface area (Å²) in [6, 6.07) is 4.43. The van der Waals surface area contributed by atoms with E-state index in [9.17, 15) is 31.4 Å². The van der Waals surface area contributed by atoms with Crippen LogP contribution in [-0.4, -0.2) is 22.3 Å². The standard InChI is InChI=1S/C29H25F6NO3/c1-28(37)9-14(10-28)12-39-27-24(31)5-17(6-25(27)32)20-4-18(23(30)8-22(20)29(33,34)35)13-38-26-7-16-2-15-3-19(15)21(16)11-36-26/h4-8,11,14-15,19,37H,2-3,9-10,12-13H2,1H3/t14-,15-,19+,28+/m0/s1. The summed E-state index contributed by atoms with van der Waals surface area (Å²) in [6.07, 6.45) is -0.388. The van der Waals surface area contributed by atoms with Crippen molar-refractivity contribution in [1.82, 2.24) is 4.98 Å². The van der Waals surface area contributed by atoms with Crippen LogP contribution in [0.25, 0.3) is 11.1 Å². The molecule has 3 aliphatic carbocycles. The van der Waals surface area contributed by atoms with E-state index in [0.717, 1.165) is 36.6 Å². The van der Waals surface area contributed by atoms with Crippen molar-refractivity contribution in [3.05, 3.63) is 76.2 Å². The molecule has 1 aromatic heterocycles. The van der Waals surface area contributed by atoms with E-state index in [1.54, 1.807) is 19.2 Å². The van der Waals surface area contributed by atoms with E-state index in [1.807, 2.05) is 0 Å². The van der Waals surface area contributed by atoms with Gasteiger partial charge in [0.2, 0.25) is 5.88 Å². The molecule has 10 heteroatoms. The smallest absolute Gasteiger partial charge is 0.417 e. The van der Waals surface area contributed by atoms with Crippen LogP contribution in [0.2, 0.25) is 0 Å². The van der Waals surface area contributed by atoms with Gasteiger partial charge < -0.3 is 14.6 Å². The van der Waals surface area contributed by atoms with Gasteiger partial charge in [0.05, 0.1) is 17.8 Å². The summed E-state index contributed by atoms with van der Waals surface area (Å²) >= 11 is 0. The summed E-state index contributed by atoms with van der Waals surface area (Å²) in [5.41, 5.74) is -1.18. The number of aromatic nitrogens is 1. The number of aliphatic hydroxyl groups is 1. The fourth-order valence-corrected chi connectivity index (χ4v) is 5.92. The molecule has 0 unspecified atom stereocenters. The van der Waals surface area contributed by atoms with Crippen molar-refractivity contribution in [3.8, 4) is 22.8 Å². The van der Waals surface area contributed by atoms with E-state index in [4.69, 9.17) is 9.47 Å². The molecule has 0 radical (unpaired) electrons.